The number of carboxylic acid groups (broad SMARTS) is 1. The highest BCUT2D eigenvalue weighted by Crippen LogP contribution is 2.50. The average Bonchev–Trinajstić information content (AvgIpc) is 2.76. The maximum absolute atomic E-state index is 12.3. The second-order valence-electron chi connectivity index (χ2n) is 6.34. The third kappa shape index (κ3) is 3.79. The number of ether oxygens (including phenoxy) is 1. The molecule has 0 aromatic heterocycles. The van der Waals surface area contributed by atoms with Gasteiger partial charge in [-0.2, -0.15) is 0 Å². The molecule has 2 fully saturated rings. The van der Waals surface area contributed by atoms with E-state index in [1.54, 1.807) is 13.8 Å². The topological polar surface area (TPSA) is 139 Å². The van der Waals surface area contributed by atoms with Crippen molar-refractivity contribution in [1.82, 2.24) is 10.2 Å². The van der Waals surface area contributed by atoms with E-state index < -0.39 is 52.0 Å². The summed E-state index contributed by atoms with van der Waals surface area (Å²) in [7, 11) is 0. The van der Waals surface area contributed by atoms with Crippen LogP contribution in [-0.2, 0) is 23.9 Å². The van der Waals surface area contributed by atoms with Gasteiger partial charge in [-0.3, -0.25) is 14.4 Å². The molecule has 1 unspecified atom stereocenters. The number of amides is 2. The molecule has 2 saturated heterocycles. The van der Waals surface area contributed by atoms with Crippen LogP contribution >= 0.6 is 11.8 Å². The van der Waals surface area contributed by atoms with Crippen molar-refractivity contribution in [2.45, 2.75) is 49.0 Å². The predicted octanol–water partition coefficient (Wildman–Crippen LogP) is -0.935. The maximum Gasteiger partial charge on any atom is 0.327 e. The largest absolute Gasteiger partial charge is 0.480 e. The Morgan fingerprint density at radius 3 is 2.68 bits per heavy atom. The monoisotopic (exact) mass is 371 g/mol. The SMILES string of the molecule is CC(=O)OC/C=C/C(N)C(=O)N[C@H]1C(=O)N2[C@@H]1SC(C)(C)[C@@H]2C(=O)O. The van der Waals surface area contributed by atoms with Crippen LogP contribution in [0.1, 0.15) is 20.8 Å². The molecule has 2 heterocycles. The van der Waals surface area contributed by atoms with E-state index in [9.17, 15) is 24.3 Å². The minimum Gasteiger partial charge on any atom is -0.480 e. The molecule has 0 saturated carbocycles. The van der Waals surface area contributed by atoms with E-state index in [4.69, 9.17) is 5.73 Å². The molecule has 4 N–H and O–H groups in total. The zero-order valence-corrected chi connectivity index (χ0v) is 14.9. The Bertz CT molecular complexity index is 635. The average molecular weight is 371 g/mol. The van der Waals surface area contributed by atoms with Crippen molar-refractivity contribution >= 4 is 35.5 Å². The number of β-lactam (4-membered cyclic amide) rings is 1. The molecule has 2 amide bonds. The molecule has 4 atom stereocenters. The first-order valence-electron chi connectivity index (χ1n) is 7.65. The van der Waals surface area contributed by atoms with Gasteiger partial charge in [0.05, 0.1) is 0 Å². The molecule has 2 aliphatic rings. The minimum atomic E-state index is -1.07. The fraction of sp³-hybridized carbons (Fsp3) is 0.600. The molecule has 0 aromatic carbocycles. The number of rotatable bonds is 6. The van der Waals surface area contributed by atoms with Gasteiger partial charge in [0, 0.05) is 11.7 Å². The summed E-state index contributed by atoms with van der Waals surface area (Å²) in [5.41, 5.74) is 5.71. The van der Waals surface area contributed by atoms with Gasteiger partial charge in [-0.05, 0) is 19.9 Å². The first-order chi connectivity index (χ1) is 11.6. The van der Waals surface area contributed by atoms with Gasteiger partial charge in [-0.1, -0.05) is 6.08 Å². The normalized spacial score (nSPS) is 28.2. The molecule has 9 nitrogen and oxygen atoms in total. The van der Waals surface area contributed by atoms with Gasteiger partial charge >= 0.3 is 11.9 Å². The van der Waals surface area contributed by atoms with Crippen LogP contribution in [0.25, 0.3) is 0 Å². The quantitative estimate of drug-likeness (QED) is 0.309. The van der Waals surface area contributed by atoms with Crippen LogP contribution in [0.2, 0.25) is 0 Å². The lowest BCUT2D eigenvalue weighted by molar-refractivity contribution is -0.161. The number of nitrogens with zero attached hydrogens (tertiary/aromatic N) is 1. The Morgan fingerprint density at radius 2 is 2.12 bits per heavy atom. The predicted molar refractivity (Wildman–Crippen MR) is 89.4 cm³/mol. The number of thioether (sulfide) groups is 1. The highest BCUT2D eigenvalue weighted by Gasteiger charge is 2.64. The third-order valence-corrected chi connectivity index (χ3v) is 5.57. The molecule has 0 aliphatic carbocycles. The van der Waals surface area contributed by atoms with Crippen LogP contribution in [0.5, 0.6) is 0 Å². The number of carboxylic acids is 1. The summed E-state index contributed by atoms with van der Waals surface area (Å²) in [6, 6.07) is -2.73. The van der Waals surface area contributed by atoms with E-state index in [0.29, 0.717) is 0 Å². The van der Waals surface area contributed by atoms with Crippen LogP contribution in [0.3, 0.4) is 0 Å². The number of carbonyl (C=O) groups excluding carboxylic acids is 3. The van der Waals surface area contributed by atoms with Crippen LogP contribution in [-0.4, -0.2) is 68.6 Å². The number of esters is 1. The highest BCUT2D eigenvalue weighted by molar-refractivity contribution is 8.01. The molecule has 0 radical (unpaired) electrons. The number of hydrogen-bond donors (Lipinski definition) is 3. The van der Waals surface area contributed by atoms with Crippen LogP contribution in [0, 0.1) is 0 Å². The zero-order chi connectivity index (χ0) is 18.9. The molecular formula is C15H21N3O6S. The molecule has 2 rings (SSSR count). The summed E-state index contributed by atoms with van der Waals surface area (Å²) in [4.78, 5) is 47.7. The van der Waals surface area contributed by atoms with Gasteiger partial charge in [-0.25, -0.2) is 4.79 Å². The van der Waals surface area contributed by atoms with Crippen molar-refractivity contribution in [3.63, 3.8) is 0 Å². The summed E-state index contributed by atoms with van der Waals surface area (Å²) in [6.45, 7) is 4.77. The van der Waals surface area contributed by atoms with Gasteiger partial charge in [0.1, 0.15) is 30.1 Å². The molecule has 2 aliphatic heterocycles. The van der Waals surface area contributed by atoms with Crippen LogP contribution in [0.15, 0.2) is 12.2 Å². The first-order valence-corrected chi connectivity index (χ1v) is 8.53. The first kappa shape index (κ1) is 19.3. The van der Waals surface area contributed by atoms with Crippen molar-refractivity contribution in [3.05, 3.63) is 12.2 Å². The van der Waals surface area contributed by atoms with Crippen molar-refractivity contribution in [3.8, 4) is 0 Å². The number of aliphatic carboxylic acids is 1. The third-order valence-electron chi connectivity index (χ3n) is 4.00. The fourth-order valence-corrected chi connectivity index (χ4v) is 4.48. The summed E-state index contributed by atoms with van der Waals surface area (Å²) in [6.07, 6.45) is 2.80. The minimum absolute atomic E-state index is 0.000587. The van der Waals surface area contributed by atoms with Crippen molar-refractivity contribution in [2.75, 3.05) is 6.61 Å². The smallest absolute Gasteiger partial charge is 0.327 e. The Labute approximate surface area is 148 Å². The number of nitrogens with one attached hydrogen (secondary N) is 1. The Morgan fingerprint density at radius 1 is 1.48 bits per heavy atom. The summed E-state index contributed by atoms with van der Waals surface area (Å²) in [5, 5.41) is 11.5. The van der Waals surface area contributed by atoms with E-state index >= 15 is 0 Å². The van der Waals surface area contributed by atoms with E-state index in [-0.39, 0.29) is 6.61 Å². The van der Waals surface area contributed by atoms with E-state index in [0.717, 1.165) is 0 Å². The Hall–Kier alpha value is -2.07. The molecule has 0 aromatic rings. The van der Waals surface area contributed by atoms with Crippen molar-refractivity contribution in [1.29, 1.82) is 0 Å². The highest BCUT2D eigenvalue weighted by atomic mass is 32.2. The number of nitrogens with two attached hydrogens (primary N) is 1. The molecule has 25 heavy (non-hydrogen) atoms. The lowest BCUT2D eigenvalue weighted by Gasteiger charge is -2.43. The lowest BCUT2D eigenvalue weighted by atomic mass is 9.96. The molecule has 10 heteroatoms. The maximum atomic E-state index is 12.3. The number of hydrogen-bond acceptors (Lipinski definition) is 7. The van der Waals surface area contributed by atoms with Crippen molar-refractivity contribution < 1.29 is 29.0 Å². The second kappa shape index (κ2) is 7.04. The van der Waals surface area contributed by atoms with Gasteiger partial charge in [0.15, 0.2) is 0 Å². The summed E-state index contributed by atoms with van der Waals surface area (Å²) >= 11 is 1.34. The standard InChI is InChI=1S/C15H21N3O6S/c1-7(19)24-6-4-5-8(16)11(20)17-9-12(21)18-10(14(22)23)15(2,3)25-13(9)18/h4-5,8-10,13H,6,16H2,1-3H3,(H,17,20)(H,22,23)/b5-4+/t8?,9-,10-,13+/m0/s1. The Balaban J connectivity index is 1.94. The molecular weight excluding hydrogens is 350 g/mol. The van der Waals surface area contributed by atoms with Gasteiger partial charge < -0.3 is 25.8 Å². The number of carbonyl (C=O) groups is 4. The number of fused-ring (bicyclic) bond motifs is 1. The van der Waals surface area contributed by atoms with Gasteiger partial charge in [0.2, 0.25) is 11.8 Å². The van der Waals surface area contributed by atoms with Crippen LogP contribution in [0.4, 0.5) is 0 Å². The lowest BCUT2D eigenvalue weighted by Crippen LogP contribution is -2.71. The Kier molecular flexibility index (Phi) is 5.43. The molecule has 138 valence electrons. The van der Waals surface area contributed by atoms with Gasteiger partial charge in [0.25, 0.3) is 0 Å². The van der Waals surface area contributed by atoms with Crippen LogP contribution < -0.4 is 11.1 Å². The van der Waals surface area contributed by atoms with E-state index in [1.165, 1.54) is 35.7 Å². The summed E-state index contributed by atoms with van der Waals surface area (Å²) in [5.74, 6) is -2.51. The second-order valence-corrected chi connectivity index (χ2v) is 8.11. The molecule has 0 spiro atoms. The van der Waals surface area contributed by atoms with Crippen molar-refractivity contribution in [2.24, 2.45) is 5.73 Å². The van der Waals surface area contributed by atoms with E-state index in [1.807, 2.05) is 0 Å². The zero-order valence-electron chi connectivity index (χ0n) is 14.1. The summed E-state index contributed by atoms with van der Waals surface area (Å²) < 4.78 is 4.03. The fourth-order valence-electron chi connectivity index (χ4n) is 2.85. The van der Waals surface area contributed by atoms with E-state index in [2.05, 4.69) is 10.1 Å². The molecule has 0 bridgehead atoms. The van der Waals surface area contributed by atoms with Gasteiger partial charge in [-0.15, -0.1) is 11.8 Å².